The molecule has 1 aliphatic heterocycles. The van der Waals surface area contributed by atoms with Crippen LogP contribution in [0.15, 0.2) is 58.1 Å². The molecule has 0 spiro atoms. The Balaban J connectivity index is 1.44. The summed E-state index contributed by atoms with van der Waals surface area (Å²) in [6.45, 7) is 8.40. The molecule has 1 unspecified atom stereocenters. The molecule has 1 saturated heterocycles. The minimum atomic E-state index is 0.535. The molecule has 2 heterocycles. The van der Waals surface area contributed by atoms with E-state index in [4.69, 9.17) is 14.1 Å². The highest BCUT2D eigenvalue weighted by Crippen LogP contribution is 2.13. The number of anilines is 1. The SMILES string of the molecule is CCN(CCCNC(=NCC1CCOC1)NCCc1ccco1)c1ccccc1. The predicted octanol–water partition coefficient (Wildman–Crippen LogP) is 3.31. The first kappa shape index (κ1) is 21.2. The Bertz CT molecular complexity index is 697. The van der Waals surface area contributed by atoms with Gasteiger partial charge in [-0.05, 0) is 44.0 Å². The fourth-order valence-corrected chi connectivity index (χ4v) is 3.47. The Morgan fingerprint density at radius 1 is 1.14 bits per heavy atom. The number of rotatable bonds is 11. The first-order valence-electron chi connectivity index (χ1n) is 10.8. The van der Waals surface area contributed by atoms with E-state index in [0.717, 1.165) is 76.9 Å². The van der Waals surface area contributed by atoms with Gasteiger partial charge >= 0.3 is 0 Å². The summed E-state index contributed by atoms with van der Waals surface area (Å²) >= 11 is 0. The number of nitrogens with zero attached hydrogens (tertiary/aromatic N) is 2. The largest absolute Gasteiger partial charge is 0.469 e. The number of ether oxygens (including phenoxy) is 1. The number of guanidine groups is 1. The highest BCUT2D eigenvalue weighted by molar-refractivity contribution is 5.79. The lowest BCUT2D eigenvalue weighted by molar-refractivity contribution is 0.187. The Labute approximate surface area is 174 Å². The van der Waals surface area contributed by atoms with Crippen LogP contribution in [0.25, 0.3) is 0 Å². The zero-order valence-electron chi connectivity index (χ0n) is 17.5. The van der Waals surface area contributed by atoms with Crippen molar-refractivity contribution >= 4 is 11.6 Å². The molecular formula is C23H34N4O2. The van der Waals surface area contributed by atoms with Crippen molar-refractivity contribution in [3.8, 4) is 0 Å². The van der Waals surface area contributed by atoms with Gasteiger partial charge in [-0.1, -0.05) is 18.2 Å². The van der Waals surface area contributed by atoms with Crippen LogP contribution in [0.5, 0.6) is 0 Å². The number of aliphatic imine (C=N–C) groups is 1. The molecule has 2 N–H and O–H groups in total. The average Bonchev–Trinajstić information content (AvgIpc) is 3.46. The number of furan rings is 1. The van der Waals surface area contributed by atoms with E-state index in [1.807, 2.05) is 12.1 Å². The van der Waals surface area contributed by atoms with Crippen molar-refractivity contribution < 1.29 is 9.15 Å². The fraction of sp³-hybridized carbons (Fsp3) is 0.522. The lowest BCUT2D eigenvalue weighted by Gasteiger charge is -2.23. The minimum absolute atomic E-state index is 0.535. The molecule has 1 aromatic carbocycles. The average molecular weight is 399 g/mol. The Hall–Kier alpha value is -2.47. The first-order chi connectivity index (χ1) is 14.3. The lowest BCUT2D eigenvalue weighted by atomic mass is 10.1. The molecule has 0 amide bonds. The van der Waals surface area contributed by atoms with E-state index >= 15 is 0 Å². The summed E-state index contributed by atoms with van der Waals surface area (Å²) in [4.78, 5) is 7.19. The molecule has 2 aromatic rings. The molecule has 1 atom stereocenters. The van der Waals surface area contributed by atoms with E-state index in [1.54, 1.807) is 6.26 Å². The third-order valence-corrected chi connectivity index (χ3v) is 5.18. The van der Waals surface area contributed by atoms with Crippen molar-refractivity contribution in [1.29, 1.82) is 0 Å². The van der Waals surface area contributed by atoms with Gasteiger partial charge in [0.05, 0.1) is 12.9 Å². The maximum atomic E-state index is 5.47. The fourth-order valence-electron chi connectivity index (χ4n) is 3.47. The van der Waals surface area contributed by atoms with Gasteiger partial charge in [-0.25, -0.2) is 0 Å². The predicted molar refractivity (Wildman–Crippen MR) is 119 cm³/mol. The zero-order valence-corrected chi connectivity index (χ0v) is 17.5. The van der Waals surface area contributed by atoms with E-state index in [1.165, 1.54) is 5.69 Å². The normalized spacial score (nSPS) is 16.7. The number of nitrogens with one attached hydrogen (secondary N) is 2. The Kier molecular flexibility index (Phi) is 8.91. The van der Waals surface area contributed by atoms with Gasteiger partial charge in [-0.2, -0.15) is 0 Å². The number of benzene rings is 1. The molecule has 6 heteroatoms. The van der Waals surface area contributed by atoms with Crippen molar-refractivity contribution in [2.75, 3.05) is 50.8 Å². The number of hydrogen-bond acceptors (Lipinski definition) is 4. The summed E-state index contributed by atoms with van der Waals surface area (Å²) in [6, 6.07) is 14.5. The topological polar surface area (TPSA) is 62.0 Å². The minimum Gasteiger partial charge on any atom is -0.469 e. The van der Waals surface area contributed by atoms with Crippen molar-refractivity contribution in [2.24, 2.45) is 10.9 Å². The molecule has 0 saturated carbocycles. The van der Waals surface area contributed by atoms with Crippen molar-refractivity contribution in [3.63, 3.8) is 0 Å². The second kappa shape index (κ2) is 12.2. The summed E-state index contributed by atoms with van der Waals surface area (Å²) < 4.78 is 10.9. The van der Waals surface area contributed by atoms with Crippen molar-refractivity contribution in [3.05, 3.63) is 54.5 Å². The molecule has 1 aliphatic rings. The van der Waals surface area contributed by atoms with Crippen LogP contribution in [0.1, 0.15) is 25.5 Å². The molecular weight excluding hydrogens is 364 g/mol. The number of hydrogen-bond donors (Lipinski definition) is 2. The van der Waals surface area contributed by atoms with Crippen LogP contribution in [0.3, 0.4) is 0 Å². The van der Waals surface area contributed by atoms with Gasteiger partial charge in [0.15, 0.2) is 5.96 Å². The van der Waals surface area contributed by atoms with Crippen LogP contribution in [-0.4, -0.2) is 51.9 Å². The van der Waals surface area contributed by atoms with Crippen molar-refractivity contribution in [1.82, 2.24) is 10.6 Å². The van der Waals surface area contributed by atoms with Gasteiger partial charge in [0.1, 0.15) is 5.76 Å². The molecule has 158 valence electrons. The van der Waals surface area contributed by atoms with Gasteiger partial charge in [0, 0.05) is 57.4 Å². The highest BCUT2D eigenvalue weighted by Gasteiger charge is 2.15. The third kappa shape index (κ3) is 7.46. The highest BCUT2D eigenvalue weighted by atomic mass is 16.5. The lowest BCUT2D eigenvalue weighted by Crippen LogP contribution is -2.40. The van der Waals surface area contributed by atoms with Gasteiger partial charge in [-0.3, -0.25) is 4.99 Å². The summed E-state index contributed by atoms with van der Waals surface area (Å²) in [6.07, 6.45) is 4.71. The van der Waals surface area contributed by atoms with Crippen LogP contribution in [0, 0.1) is 5.92 Å². The molecule has 29 heavy (non-hydrogen) atoms. The molecule has 1 fully saturated rings. The van der Waals surface area contributed by atoms with Crippen LogP contribution in [0.2, 0.25) is 0 Å². The summed E-state index contributed by atoms with van der Waals surface area (Å²) in [5.74, 6) is 2.40. The van der Waals surface area contributed by atoms with Gasteiger partial charge in [-0.15, -0.1) is 0 Å². The maximum absolute atomic E-state index is 5.47. The second-order valence-electron chi connectivity index (χ2n) is 7.37. The van der Waals surface area contributed by atoms with Crippen LogP contribution < -0.4 is 15.5 Å². The van der Waals surface area contributed by atoms with E-state index < -0.39 is 0 Å². The summed E-state index contributed by atoms with van der Waals surface area (Å²) in [5, 5.41) is 6.94. The monoisotopic (exact) mass is 398 g/mol. The smallest absolute Gasteiger partial charge is 0.191 e. The van der Waals surface area contributed by atoms with Crippen LogP contribution >= 0.6 is 0 Å². The van der Waals surface area contributed by atoms with Crippen LogP contribution in [-0.2, 0) is 11.2 Å². The quantitative estimate of drug-likeness (QED) is 0.345. The number of para-hydroxylation sites is 1. The van der Waals surface area contributed by atoms with Gasteiger partial charge in [0.25, 0.3) is 0 Å². The zero-order chi connectivity index (χ0) is 20.2. The van der Waals surface area contributed by atoms with Gasteiger partial charge < -0.3 is 24.7 Å². The second-order valence-corrected chi connectivity index (χ2v) is 7.37. The first-order valence-corrected chi connectivity index (χ1v) is 10.8. The summed E-state index contributed by atoms with van der Waals surface area (Å²) in [7, 11) is 0. The van der Waals surface area contributed by atoms with Crippen molar-refractivity contribution in [2.45, 2.75) is 26.2 Å². The van der Waals surface area contributed by atoms with E-state index in [2.05, 4.69) is 52.8 Å². The molecule has 0 radical (unpaired) electrons. The summed E-state index contributed by atoms with van der Waals surface area (Å²) in [5.41, 5.74) is 1.28. The molecule has 0 bridgehead atoms. The van der Waals surface area contributed by atoms with E-state index in [0.29, 0.717) is 5.92 Å². The van der Waals surface area contributed by atoms with Gasteiger partial charge in [0.2, 0.25) is 0 Å². The van der Waals surface area contributed by atoms with E-state index in [-0.39, 0.29) is 0 Å². The van der Waals surface area contributed by atoms with Crippen LogP contribution in [0.4, 0.5) is 5.69 Å². The Morgan fingerprint density at radius 3 is 2.72 bits per heavy atom. The standard InChI is InChI=1S/C23H34N4O2/c1-2-27(21-8-4-3-5-9-21)15-7-13-24-23(26-18-20-12-17-28-19-20)25-14-11-22-10-6-16-29-22/h3-6,8-10,16,20H,2,7,11-15,17-19H2,1H3,(H2,24,25,26). The Morgan fingerprint density at radius 2 is 2.00 bits per heavy atom. The maximum Gasteiger partial charge on any atom is 0.191 e. The van der Waals surface area contributed by atoms with E-state index in [9.17, 15) is 0 Å². The molecule has 3 rings (SSSR count). The third-order valence-electron chi connectivity index (χ3n) is 5.18. The molecule has 0 aliphatic carbocycles. The molecule has 6 nitrogen and oxygen atoms in total. The molecule has 1 aromatic heterocycles.